The van der Waals surface area contributed by atoms with Crippen LogP contribution in [0.15, 0.2) is 0 Å². The molecule has 0 amide bonds. The first kappa shape index (κ1) is 10.0. The zero-order valence-corrected chi connectivity index (χ0v) is 8.27. The maximum Gasteiger partial charge on any atom is 0.0715 e. The van der Waals surface area contributed by atoms with Crippen LogP contribution in [0.5, 0.6) is 0 Å². The molecule has 0 unspecified atom stereocenters. The van der Waals surface area contributed by atoms with Gasteiger partial charge in [0.25, 0.3) is 0 Å². The second-order valence-electron chi connectivity index (χ2n) is 4.57. The highest BCUT2D eigenvalue weighted by atomic mass is 16.3. The van der Waals surface area contributed by atoms with Gasteiger partial charge in [0.2, 0.25) is 0 Å². The van der Waals surface area contributed by atoms with E-state index in [1.54, 1.807) is 0 Å². The van der Waals surface area contributed by atoms with Crippen LogP contribution in [0.4, 0.5) is 0 Å². The van der Waals surface area contributed by atoms with E-state index in [0.717, 1.165) is 12.5 Å². The van der Waals surface area contributed by atoms with Crippen molar-refractivity contribution in [3.8, 4) is 0 Å². The minimum Gasteiger partial charge on any atom is -0.389 e. The van der Waals surface area contributed by atoms with Gasteiger partial charge in [0.05, 0.1) is 5.60 Å². The average Bonchev–Trinajstić information content (AvgIpc) is 2.68. The molecule has 0 aromatic carbocycles. The van der Waals surface area contributed by atoms with Gasteiger partial charge in [0.1, 0.15) is 0 Å². The summed E-state index contributed by atoms with van der Waals surface area (Å²) >= 11 is 0. The summed E-state index contributed by atoms with van der Waals surface area (Å²) < 4.78 is 0. The first-order valence-corrected chi connectivity index (χ1v) is 5.01. The minimum atomic E-state index is -0.556. The molecule has 0 radical (unpaired) electrons. The normalized spacial score (nSPS) is 18.2. The van der Waals surface area contributed by atoms with E-state index in [1.807, 2.05) is 13.8 Å². The van der Waals surface area contributed by atoms with E-state index >= 15 is 0 Å². The van der Waals surface area contributed by atoms with Crippen molar-refractivity contribution in [2.75, 3.05) is 13.1 Å². The van der Waals surface area contributed by atoms with E-state index in [0.29, 0.717) is 6.54 Å². The van der Waals surface area contributed by atoms with Gasteiger partial charge in [-0.25, -0.2) is 0 Å². The molecule has 1 aliphatic carbocycles. The lowest BCUT2D eigenvalue weighted by molar-refractivity contribution is 0.0799. The van der Waals surface area contributed by atoms with Crippen LogP contribution in [0, 0.1) is 5.92 Å². The molecule has 1 aliphatic rings. The van der Waals surface area contributed by atoms with Gasteiger partial charge in [-0.1, -0.05) is 12.8 Å². The van der Waals surface area contributed by atoms with E-state index in [9.17, 15) is 5.11 Å². The van der Waals surface area contributed by atoms with Crippen molar-refractivity contribution in [1.82, 2.24) is 5.32 Å². The van der Waals surface area contributed by atoms with Crippen molar-refractivity contribution in [3.05, 3.63) is 0 Å². The van der Waals surface area contributed by atoms with Crippen LogP contribution in [-0.2, 0) is 0 Å². The average molecular weight is 171 g/mol. The van der Waals surface area contributed by atoms with Gasteiger partial charge in [0, 0.05) is 6.54 Å². The molecule has 0 heterocycles. The minimum absolute atomic E-state index is 0.556. The van der Waals surface area contributed by atoms with Crippen molar-refractivity contribution in [2.24, 2.45) is 5.92 Å². The molecular weight excluding hydrogens is 150 g/mol. The number of hydrogen-bond donors (Lipinski definition) is 2. The summed E-state index contributed by atoms with van der Waals surface area (Å²) in [6, 6.07) is 0. The predicted molar refractivity (Wildman–Crippen MR) is 51.1 cm³/mol. The summed E-state index contributed by atoms with van der Waals surface area (Å²) in [6.07, 6.45) is 5.54. The van der Waals surface area contributed by atoms with E-state index < -0.39 is 5.60 Å². The second kappa shape index (κ2) is 4.24. The lowest BCUT2D eigenvalue weighted by atomic mass is 10.1. The second-order valence-corrected chi connectivity index (χ2v) is 4.57. The van der Waals surface area contributed by atoms with Crippen molar-refractivity contribution < 1.29 is 5.11 Å². The van der Waals surface area contributed by atoms with Crippen molar-refractivity contribution >= 4 is 0 Å². The quantitative estimate of drug-likeness (QED) is 0.594. The molecule has 1 rings (SSSR count). The molecule has 1 fully saturated rings. The molecule has 72 valence electrons. The summed E-state index contributed by atoms with van der Waals surface area (Å²) in [5.74, 6) is 1.04. The Morgan fingerprint density at radius 2 is 2.08 bits per heavy atom. The topological polar surface area (TPSA) is 32.3 Å². The summed E-state index contributed by atoms with van der Waals surface area (Å²) in [4.78, 5) is 0. The first-order chi connectivity index (χ1) is 5.58. The number of hydrogen-bond acceptors (Lipinski definition) is 2. The molecule has 1 saturated carbocycles. The van der Waals surface area contributed by atoms with Gasteiger partial charge in [-0.3, -0.25) is 0 Å². The summed E-state index contributed by atoms with van der Waals surface area (Å²) in [5.41, 5.74) is -0.556. The Kier molecular flexibility index (Phi) is 3.53. The molecule has 2 heteroatoms. The Balaban J connectivity index is 1.82. The van der Waals surface area contributed by atoms with Gasteiger partial charge in [-0.2, -0.15) is 0 Å². The Bertz CT molecular complexity index is 124. The fraction of sp³-hybridized carbons (Fsp3) is 1.00. The molecule has 0 aliphatic heterocycles. The van der Waals surface area contributed by atoms with E-state index in [-0.39, 0.29) is 0 Å². The fourth-order valence-corrected chi connectivity index (χ4v) is 1.32. The van der Waals surface area contributed by atoms with E-state index in [2.05, 4.69) is 5.32 Å². The van der Waals surface area contributed by atoms with Crippen LogP contribution in [-0.4, -0.2) is 23.8 Å². The highest BCUT2D eigenvalue weighted by molar-refractivity contribution is 4.73. The third kappa shape index (κ3) is 5.56. The van der Waals surface area contributed by atoms with Gasteiger partial charge in [-0.05, 0) is 39.2 Å². The molecular formula is C10H21NO. The van der Waals surface area contributed by atoms with Crippen LogP contribution < -0.4 is 5.32 Å². The van der Waals surface area contributed by atoms with Crippen LogP contribution in [0.2, 0.25) is 0 Å². The van der Waals surface area contributed by atoms with Crippen molar-refractivity contribution in [1.29, 1.82) is 0 Å². The first-order valence-electron chi connectivity index (χ1n) is 5.01. The highest BCUT2D eigenvalue weighted by Crippen LogP contribution is 2.33. The molecule has 2 N–H and O–H groups in total. The lowest BCUT2D eigenvalue weighted by Gasteiger charge is -2.17. The smallest absolute Gasteiger partial charge is 0.0715 e. The van der Waals surface area contributed by atoms with Crippen LogP contribution in [0.3, 0.4) is 0 Å². The summed E-state index contributed by atoms with van der Waals surface area (Å²) in [5, 5.41) is 12.6. The molecule has 0 aromatic rings. The molecule has 12 heavy (non-hydrogen) atoms. The SMILES string of the molecule is CC(C)(O)CNCCCC1CC1. The Hall–Kier alpha value is -0.0800. The largest absolute Gasteiger partial charge is 0.389 e. The van der Waals surface area contributed by atoms with E-state index in [4.69, 9.17) is 0 Å². The monoisotopic (exact) mass is 171 g/mol. The number of aliphatic hydroxyl groups is 1. The van der Waals surface area contributed by atoms with E-state index in [1.165, 1.54) is 25.7 Å². The molecule has 2 nitrogen and oxygen atoms in total. The van der Waals surface area contributed by atoms with Gasteiger partial charge >= 0.3 is 0 Å². The predicted octanol–water partition coefficient (Wildman–Crippen LogP) is 1.54. The standard InChI is InChI=1S/C10H21NO/c1-10(2,12)8-11-7-3-4-9-5-6-9/h9,11-12H,3-8H2,1-2H3. The van der Waals surface area contributed by atoms with Crippen LogP contribution in [0.1, 0.15) is 39.5 Å². The van der Waals surface area contributed by atoms with Gasteiger partial charge in [0.15, 0.2) is 0 Å². The van der Waals surface area contributed by atoms with Crippen LogP contribution in [0.25, 0.3) is 0 Å². The maximum absolute atomic E-state index is 9.38. The van der Waals surface area contributed by atoms with Gasteiger partial charge in [-0.15, -0.1) is 0 Å². The Morgan fingerprint density at radius 3 is 2.58 bits per heavy atom. The zero-order valence-electron chi connectivity index (χ0n) is 8.27. The van der Waals surface area contributed by atoms with Crippen molar-refractivity contribution in [2.45, 2.75) is 45.1 Å². The molecule has 0 atom stereocenters. The van der Waals surface area contributed by atoms with Crippen molar-refractivity contribution in [3.63, 3.8) is 0 Å². The Labute approximate surface area is 75.4 Å². The molecule has 0 bridgehead atoms. The third-order valence-corrected chi connectivity index (χ3v) is 2.22. The Morgan fingerprint density at radius 1 is 1.42 bits per heavy atom. The summed E-state index contributed by atoms with van der Waals surface area (Å²) in [7, 11) is 0. The molecule has 0 aromatic heterocycles. The maximum atomic E-state index is 9.38. The highest BCUT2D eigenvalue weighted by Gasteiger charge is 2.20. The van der Waals surface area contributed by atoms with Gasteiger partial charge < -0.3 is 10.4 Å². The number of rotatable bonds is 6. The van der Waals surface area contributed by atoms with Crippen LogP contribution >= 0.6 is 0 Å². The lowest BCUT2D eigenvalue weighted by Crippen LogP contribution is -2.35. The number of nitrogens with one attached hydrogen (secondary N) is 1. The fourth-order valence-electron chi connectivity index (χ4n) is 1.32. The molecule has 0 spiro atoms. The third-order valence-electron chi connectivity index (χ3n) is 2.22. The summed E-state index contributed by atoms with van der Waals surface area (Å²) in [6.45, 7) is 5.43. The zero-order chi connectivity index (χ0) is 9.03. The molecule has 0 saturated heterocycles.